The molecule has 0 spiro atoms. The zero-order valence-electron chi connectivity index (χ0n) is 11.9. The summed E-state index contributed by atoms with van der Waals surface area (Å²) in [4.78, 5) is 16.2. The number of methoxy groups -OCH3 is 1. The predicted molar refractivity (Wildman–Crippen MR) is 77.1 cm³/mol. The normalized spacial score (nSPS) is 19.6. The van der Waals surface area contributed by atoms with Gasteiger partial charge in [0.15, 0.2) is 0 Å². The van der Waals surface area contributed by atoms with Crippen molar-refractivity contribution in [1.82, 2.24) is 9.80 Å². The highest BCUT2D eigenvalue weighted by atomic mass is 32.2. The van der Waals surface area contributed by atoms with Crippen LogP contribution in [0.25, 0.3) is 0 Å². The summed E-state index contributed by atoms with van der Waals surface area (Å²) in [5, 5.41) is 0.722. The molecule has 5 heteroatoms. The second-order valence-corrected chi connectivity index (χ2v) is 6.12. The summed E-state index contributed by atoms with van der Waals surface area (Å²) in [5.74, 6) is 0.122. The van der Waals surface area contributed by atoms with E-state index in [9.17, 15) is 4.79 Å². The van der Waals surface area contributed by atoms with Gasteiger partial charge in [0, 0.05) is 32.0 Å². The maximum Gasteiger partial charge on any atom is 0.248 e. The Morgan fingerprint density at radius 3 is 2.78 bits per heavy atom. The summed E-state index contributed by atoms with van der Waals surface area (Å²) >= 11 is 1.92. The first-order valence-electron chi connectivity index (χ1n) is 6.69. The van der Waals surface area contributed by atoms with Gasteiger partial charge in [-0.3, -0.25) is 4.79 Å². The van der Waals surface area contributed by atoms with Crippen LogP contribution >= 0.6 is 11.8 Å². The number of nitrogens with zero attached hydrogens (tertiary/aromatic N) is 2. The highest BCUT2D eigenvalue weighted by Crippen LogP contribution is 2.11. The third-order valence-corrected chi connectivity index (χ3v) is 4.50. The van der Waals surface area contributed by atoms with Crippen molar-refractivity contribution in [1.29, 1.82) is 0 Å². The molecule has 1 saturated heterocycles. The molecule has 4 nitrogen and oxygen atoms in total. The van der Waals surface area contributed by atoms with Gasteiger partial charge < -0.3 is 14.5 Å². The van der Waals surface area contributed by atoms with E-state index < -0.39 is 0 Å². The van der Waals surface area contributed by atoms with Crippen LogP contribution in [0.15, 0.2) is 0 Å². The quantitative estimate of drug-likeness (QED) is 0.731. The number of rotatable bonds is 6. The van der Waals surface area contributed by atoms with Gasteiger partial charge in [-0.05, 0) is 32.2 Å². The van der Waals surface area contributed by atoms with E-state index in [1.54, 1.807) is 7.11 Å². The van der Waals surface area contributed by atoms with E-state index in [2.05, 4.69) is 18.1 Å². The fourth-order valence-corrected chi connectivity index (χ4v) is 2.48. The minimum atomic E-state index is 0.122. The number of amides is 1. The van der Waals surface area contributed by atoms with E-state index >= 15 is 0 Å². The summed E-state index contributed by atoms with van der Waals surface area (Å²) in [6, 6.07) is 0. The molecule has 1 amide bonds. The Balaban J connectivity index is 2.30. The molecule has 0 aromatic rings. The maximum absolute atomic E-state index is 11.7. The zero-order chi connectivity index (χ0) is 13.4. The van der Waals surface area contributed by atoms with E-state index in [-0.39, 0.29) is 12.5 Å². The second-order valence-electron chi connectivity index (χ2n) is 4.84. The Morgan fingerprint density at radius 2 is 2.11 bits per heavy atom. The van der Waals surface area contributed by atoms with Gasteiger partial charge in [0.25, 0.3) is 0 Å². The second kappa shape index (κ2) is 8.77. The molecule has 1 heterocycles. The highest BCUT2D eigenvalue weighted by molar-refractivity contribution is 7.99. The van der Waals surface area contributed by atoms with Crippen molar-refractivity contribution in [3.8, 4) is 0 Å². The van der Waals surface area contributed by atoms with Crippen molar-refractivity contribution >= 4 is 17.7 Å². The minimum absolute atomic E-state index is 0.122. The molecule has 1 fully saturated rings. The Hall–Kier alpha value is -0.260. The van der Waals surface area contributed by atoms with Crippen molar-refractivity contribution in [2.45, 2.75) is 25.0 Å². The van der Waals surface area contributed by atoms with Gasteiger partial charge in [0.05, 0.1) is 0 Å². The minimum Gasteiger partial charge on any atom is -0.375 e. The van der Waals surface area contributed by atoms with Crippen molar-refractivity contribution in [2.24, 2.45) is 0 Å². The molecule has 0 saturated carbocycles. The largest absolute Gasteiger partial charge is 0.375 e. The number of ether oxygens (including phenoxy) is 1. The Bertz CT molecular complexity index is 251. The van der Waals surface area contributed by atoms with Gasteiger partial charge in [-0.15, -0.1) is 0 Å². The Morgan fingerprint density at radius 1 is 1.33 bits per heavy atom. The molecule has 106 valence electrons. The number of thioether (sulfide) groups is 1. The summed E-state index contributed by atoms with van der Waals surface area (Å²) in [6.07, 6.45) is 4.47. The van der Waals surface area contributed by atoms with Crippen molar-refractivity contribution < 1.29 is 9.53 Å². The van der Waals surface area contributed by atoms with Crippen LogP contribution in [-0.2, 0) is 9.53 Å². The molecule has 1 rings (SSSR count). The molecule has 1 aliphatic heterocycles. The van der Waals surface area contributed by atoms with E-state index in [0.29, 0.717) is 0 Å². The molecule has 0 aliphatic carbocycles. The summed E-state index contributed by atoms with van der Waals surface area (Å²) in [5.41, 5.74) is 0. The topological polar surface area (TPSA) is 32.8 Å². The van der Waals surface area contributed by atoms with Crippen LogP contribution in [-0.4, -0.2) is 73.7 Å². The molecule has 1 atom stereocenters. The summed E-state index contributed by atoms with van der Waals surface area (Å²) in [7, 11) is 1.58. The molecular weight excluding hydrogens is 248 g/mol. The van der Waals surface area contributed by atoms with E-state index in [1.165, 1.54) is 6.42 Å². The van der Waals surface area contributed by atoms with Crippen LogP contribution in [0.3, 0.4) is 0 Å². The SMILES string of the molecule is COCC(=O)N1CCCN(CC[C@H](C)SC)CC1. The lowest BCUT2D eigenvalue weighted by Crippen LogP contribution is -2.37. The highest BCUT2D eigenvalue weighted by Gasteiger charge is 2.18. The van der Waals surface area contributed by atoms with Gasteiger partial charge >= 0.3 is 0 Å². The molecular formula is C13H26N2O2S. The molecule has 0 bridgehead atoms. The predicted octanol–water partition coefficient (Wildman–Crippen LogP) is 1.31. The fourth-order valence-electron chi connectivity index (χ4n) is 2.14. The van der Waals surface area contributed by atoms with Gasteiger partial charge in [-0.1, -0.05) is 6.92 Å². The number of carbonyl (C=O) groups is 1. The monoisotopic (exact) mass is 274 g/mol. The van der Waals surface area contributed by atoms with E-state index in [1.807, 2.05) is 16.7 Å². The third-order valence-electron chi connectivity index (χ3n) is 3.46. The average Bonchev–Trinajstić information content (AvgIpc) is 2.61. The lowest BCUT2D eigenvalue weighted by atomic mass is 10.3. The molecule has 0 unspecified atom stereocenters. The lowest BCUT2D eigenvalue weighted by molar-refractivity contribution is -0.135. The number of carbonyl (C=O) groups excluding carboxylic acids is 1. The molecule has 18 heavy (non-hydrogen) atoms. The number of hydrogen-bond donors (Lipinski definition) is 0. The number of hydrogen-bond acceptors (Lipinski definition) is 4. The van der Waals surface area contributed by atoms with Gasteiger partial charge in [-0.25, -0.2) is 0 Å². The molecule has 1 aliphatic rings. The van der Waals surface area contributed by atoms with E-state index in [0.717, 1.165) is 44.4 Å². The van der Waals surface area contributed by atoms with E-state index in [4.69, 9.17) is 4.74 Å². The van der Waals surface area contributed by atoms with Crippen LogP contribution in [0.2, 0.25) is 0 Å². The van der Waals surface area contributed by atoms with Crippen LogP contribution in [0.1, 0.15) is 19.8 Å². The first-order chi connectivity index (χ1) is 8.67. The lowest BCUT2D eigenvalue weighted by Gasteiger charge is -2.22. The average molecular weight is 274 g/mol. The first kappa shape index (κ1) is 15.8. The van der Waals surface area contributed by atoms with Gasteiger partial charge in [-0.2, -0.15) is 11.8 Å². The molecule has 0 N–H and O–H groups in total. The fraction of sp³-hybridized carbons (Fsp3) is 0.923. The Kier molecular flexibility index (Phi) is 7.70. The standard InChI is InChI=1S/C13H26N2O2S/c1-12(18-3)5-8-14-6-4-7-15(10-9-14)13(16)11-17-2/h12H,4-11H2,1-3H3/t12-/m0/s1. The van der Waals surface area contributed by atoms with Gasteiger partial charge in [0.1, 0.15) is 6.61 Å². The van der Waals surface area contributed by atoms with Crippen LogP contribution in [0.5, 0.6) is 0 Å². The molecule has 0 aromatic heterocycles. The summed E-state index contributed by atoms with van der Waals surface area (Å²) < 4.78 is 4.91. The first-order valence-corrected chi connectivity index (χ1v) is 7.98. The van der Waals surface area contributed by atoms with Crippen molar-refractivity contribution in [3.05, 3.63) is 0 Å². The maximum atomic E-state index is 11.7. The van der Waals surface area contributed by atoms with Crippen molar-refractivity contribution in [2.75, 3.05) is 52.7 Å². The summed E-state index contributed by atoms with van der Waals surface area (Å²) in [6.45, 7) is 7.45. The zero-order valence-corrected chi connectivity index (χ0v) is 12.7. The molecule has 0 radical (unpaired) electrons. The third kappa shape index (κ3) is 5.59. The van der Waals surface area contributed by atoms with Gasteiger partial charge in [0.2, 0.25) is 5.91 Å². The Labute approximate surface area is 115 Å². The smallest absolute Gasteiger partial charge is 0.248 e. The van der Waals surface area contributed by atoms with Crippen LogP contribution < -0.4 is 0 Å². The van der Waals surface area contributed by atoms with Crippen molar-refractivity contribution in [3.63, 3.8) is 0 Å². The van der Waals surface area contributed by atoms with Crippen LogP contribution in [0.4, 0.5) is 0 Å². The molecule has 0 aromatic carbocycles. The van der Waals surface area contributed by atoms with Crippen LogP contribution in [0, 0.1) is 0 Å².